The summed E-state index contributed by atoms with van der Waals surface area (Å²) in [4.78, 5) is 12.0. The molecule has 0 bridgehead atoms. The van der Waals surface area contributed by atoms with Crippen molar-refractivity contribution in [2.75, 3.05) is 7.11 Å². The summed E-state index contributed by atoms with van der Waals surface area (Å²) in [5.41, 5.74) is 2.67. The lowest BCUT2D eigenvalue weighted by Crippen LogP contribution is -2.39. The van der Waals surface area contributed by atoms with Crippen molar-refractivity contribution in [3.05, 3.63) is 41.5 Å². The quantitative estimate of drug-likeness (QED) is 0.944. The first-order valence-corrected chi connectivity index (χ1v) is 8.14. The van der Waals surface area contributed by atoms with Crippen molar-refractivity contribution in [1.29, 1.82) is 0 Å². The lowest BCUT2D eigenvalue weighted by molar-refractivity contribution is -0.123. The number of benzene rings is 2. The van der Waals surface area contributed by atoms with Crippen molar-refractivity contribution in [1.82, 2.24) is 5.32 Å². The number of rotatable bonds is 3. The fourth-order valence-electron chi connectivity index (χ4n) is 3.58. The minimum absolute atomic E-state index is 0.244. The third-order valence-corrected chi connectivity index (χ3v) is 4.94. The summed E-state index contributed by atoms with van der Waals surface area (Å²) < 4.78 is 5.62. The van der Waals surface area contributed by atoms with Crippen LogP contribution in [0, 0.1) is 5.92 Å². The number of hydrogen-bond donors (Lipinski definition) is 1. The van der Waals surface area contributed by atoms with Gasteiger partial charge in [-0.05, 0) is 60.1 Å². The number of hydrogen-bond acceptors (Lipinski definition) is 2. The summed E-state index contributed by atoms with van der Waals surface area (Å²) in [6.45, 7) is 0. The molecular weight excluding hydrogens is 274 g/mol. The van der Waals surface area contributed by atoms with E-state index in [2.05, 4.69) is 35.6 Å². The molecule has 1 unspecified atom stereocenters. The average Bonchev–Trinajstić information content (AvgIpc) is 3.39. The lowest BCUT2D eigenvalue weighted by atomic mass is 9.84. The van der Waals surface area contributed by atoms with E-state index in [0.29, 0.717) is 0 Å². The first kappa shape index (κ1) is 13.6. The van der Waals surface area contributed by atoms with Gasteiger partial charge in [-0.15, -0.1) is 0 Å². The van der Waals surface area contributed by atoms with E-state index < -0.39 is 0 Å². The van der Waals surface area contributed by atoms with Crippen LogP contribution in [0.2, 0.25) is 0 Å². The Bertz CT molecular complexity index is 734. The van der Waals surface area contributed by atoms with Gasteiger partial charge in [-0.1, -0.05) is 24.3 Å². The van der Waals surface area contributed by atoms with E-state index in [4.69, 9.17) is 4.74 Å². The summed E-state index contributed by atoms with van der Waals surface area (Å²) in [7, 11) is 1.73. The molecule has 3 nitrogen and oxygen atoms in total. The monoisotopic (exact) mass is 295 g/mol. The third kappa shape index (κ3) is 2.35. The van der Waals surface area contributed by atoms with Crippen molar-refractivity contribution in [3.63, 3.8) is 0 Å². The van der Waals surface area contributed by atoms with E-state index in [1.807, 2.05) is 0 Å². The molecule has 22 heavy (non-hydrogen) atoms. The predicted octanol–water partition coefficient (Wildman–Crippen LogP) is 3.23. The maximum atomic E-state index is 12.0. The maximum Gasteiger partial charge on any atom is 0.223 e. The summed E-state index contributed by atoms with van der Waals surface area (Å²) in [5.74, 6) is 1.48. The zero-order chi connectivity index (χ0) is 15.1. The van der Waals surface area contributed by atoms with Gasteiger partial charge >= 0.3 is 0 Å². The maximum absolute atomic E-state index is 12.0. The van der Waals surface area contributed by atoms with Crippen LogP contribution >= 0.6 is 0 Å². The zero-order valence-electron chi connectivity index (χ0n) is 12.9. The molecule has 1 fully saturated rings. The molecule has 0 saturated heterocycles. The normalized spacial score (nSPS) is 20.5. The number of amides is 1. The van der Waals surface area contributed by atoms with Crippen LogP contribution in [0.1, 0.15) is 30.4 Å². The second-order valence-corrected chi connectivity index (χ2v) is 6.48. The summed E-state index contributed by atoms with van der Waals surface area (Å²) in [6.07, 6.45) is 5.01. The zero-order valence-corrected chi connectivity index (χ0v) is 12.9. The molecule has 1 atom stereocenters. The molecule has 2 aliphatic rings. The minimum atomic E-state index is 0.244. The van der Waals surface area contributed by atoms with Gasteiger partial charge in [0, 0.05) is 12.0 Å². The Kier molecular flexibility index (Phi) is 3.29. The van der Waals surface area contributed by atoms with Crippen molar-refractivity contribution < 1.29 is 9.53 Å². The fraction of sp³-hybridized carbons (Fsp3) is 0.421. The molecule has 2 aromatic rings. The first-order chi connectivity index (χ1) is 10.8. The molecule has 0 aromatic heterocycles. The van der Waals surface area contributed by atoms with Crippen molar-refractivity contribution in [2.45, 2.75) is 38.1 Å². The van der Waals surface area contributed by atoms with Gasteiger partial charge in [0.1, 0.15) is 5.75 Å². The van der Waals surface area contributed by atoms with Crippen LogP contribution in [0.15, 0.2) is 30.3 Å². The number of ether oxygens (including phenoxy) is 1. The van der Waals surface area contributed by atoms with E-state index in [9.17, 15) is 4.79 Å². The van der Waals surface area contributed by atoms with Gasteiger partial charge < -0.3 is 10.1 Å². The van der Waals surface area contributed by atoms with E-state index in [0.717, 1.165) is 37.9 Å². The smallest absolute Gasteiger partial charge is 0.223 e. The Morgan fingerprint density at radius 1 is 1.18 bits per heavy atom. The van der Waals surface area contributed by atoms with E-state index in [1.54, 1.807) is 7.11 Å². The van der Waals surface area contributed by atoms with Gasteiger partial charge in [0.25, 0.3) is 0 Å². The van der Waals surface area contributed by atoms with Crippen molar-refractivity contribution in [2.24, 2.45) is 5.92 Å². The number of methoxy groups -OCH3 is 1. The number of carbonyl (C=O) groups excluding carboxylic acids is 1. The van der Waals surface area contributed by atoms with Crippen LogP contribution < -0.4 is 10.1 Å². The van der Waals surface area contributed by atoms with E-state index in [1.165, 1.54) is 21.9 Å². The predicted molar refractivity (Wildman–Crippen MR) is 87.2 cm³/mol. The fourth-order valence-corrected chi connectivity index (χ4v) is 3.58. The Labute approximate surface area is 130 Å². The highest BCUT2D eigenvalue weighted by atomic mass is 16.5. The van der Waals surface area contributed by atoms with E-state index in [-0.39, 0.29) is 17.9 Å². The molecule has 0 aliphatic heterocycles. The van der Waals surface area contributed by atoms with Gasteiger partial charge in [0.15, 0.2) is 0 Å². The molecule has 4 rings (SSSR count). The Morgan fingerprint density at radius 3 is 2.77 bits per heavy atom. The van der Waals surface area contributed by atoms with Gasteiger partial charge in [-0.3, -0.25) is 4.79 Å². The van der Waals surface area contributed by atoms with Gasteiger partial charge in [-0.25, -0.2) is 0 Å². The summed E-state index contributed by atoms with van der Waals surface area (Å²) >= 11 is 0. The highest BCUT2D eigenvalue weighted by Crippen LogP contribution is 2.36. The molecule has 114 valence electrons. The van der Waals surface area contributed by atoms with Crippen LogP contribution in [-0.2, 0) is 17.6 Å². The Hall–Kier alpha value is -2.03. The minimum Gasteiger partial charge on any atom is -0.496 e. The van der Waals surface area contributed by atoms with Crippen LogP contribution in [0.4, 0.5) is 0 Å². The Balaban J connectivity index is 1.68. The second-order valence-electron chi connectivity index (χ2n) is 6.48. The number of carbonyl (C=O) groups is 1. The van der Waals surface area contributed by atoms with Crippen LogP contribution in [-0.4, -0.2) is 19.1 Å². The van der Waals surface area contributed by atoms with E-state index >= 15 is 0 Å². The average molecular weight is 295 g/mol. The topological polar surface area (TPSA) is 38.3 Å². The second kappa shape index (κ2) is 5.31. The first-order valence-electron chi connectivity index (χ1n) is 8.14. The molecule has 2 aromatic carbocycles. The molecule has 0 heterocycles. The number of nitrogens with one attached hydrogen (secondary N) is 1. The van der Waals surface area contributed by atoms with Crippen LogP contribution in [0.5, 0.6) is 5.75 Å². The number of fused-ring (bicyclic) bond motifs is 3. The van der Waals surface area contributed by atoms with Crippen LogP contribution in [0.25, 0.3) is 10.8 Å². The third-order valence-electron chi connectivity index (χ3n) is 4.94. The molecular formula is C19H21NO2. The number of aryl methyl sites for hydroxylation is 1. The largest absolute Gasteiger partial charge is 0.496 e. The van der Waals surface area contributed by atoms with Crippen molar-refractivity contribution in [3.8, 4) is 5.75 Å². The van der Waals surface area contributed by atoms with Crippen LogP contribution in [0.3, 0.4) is 0 Å². The standard InChI is InChI=1S/C19H21NO2/c1-22-18-10-13-4-2-3-5-15(13)16-9-8-14(11-17(16)18)20-19(21)12-6-7-12/h2-5,10,12,14H,6-9,11H2,1H3,(H,20,21). The van der Waals surface area contributed by atoms with Gasteiger partial charge in [0.2, 0.25) is 5.91 Å². The van der Waals surface area contributed by atoms with Gasteiger partial charge in [0.05, 0.1) is 7.11 Å². The summed E-state index contributed by atoms with van der Waals surface area (Å²) in [6, 6.07) is 10.9. The van der Waals surface area contributed by atoms with Gasteiger partial charge in [-0.2, -0.15) is 0 Å². The Morgan fingerprint density at radius 2 is 2.00 bits per heavy atom. The lowest BCUT2D eigenvalue weighted by Gasteiger charge is -2.28. The molecule has 3 heteroatoms. The molecule has 0 radical (unpaired) electrons. The molecule has 2 aliphatic carbocycles. The van der Waals surface area contributed by atoms with Crippen molar-refractivity contribution >= 4 is 16.7 Å². The molecule has 0 spiro atoms. The SMILES string of the molecule is COc1cc2ccccc2c2c1CC(NC(=O)C1CC1)CC2. The highest BCUT2D eigenvalue weighted by Gasteiger charge is 2.32. The molecule has 1 amide bonds. The highest BCUT2D eigenvalue weighted by molar-refractivity contribution is 5.89. The molecule has 1 N–H and O–H groups in total. The molecule has 1 saturated carbocycles. The summed E-state index contributed by atoms with van der Waals surface area (Å²) in [5, 5.41) is 5.79.